The first-order valence-corrected chi connectivity index (χ1v) is 10.9. The number of rotatable bonds is 3. The van der Waals surface area contributed by atoms with Crippen LogP contribution in [0.2, 0.25) is 0 Å². The molecule has 1 aromatic heterocycles. The fourth-order valence-electron chi connectivity index (χ4n) is 2.59. The summed E-state index contributed by atoms with van der Waals surface area (Å²) in [5.74, 6) is 1.02. The fraction of sp³-hybridized carbons (Fsp3) is 0.316. The quantitative estimate of drug-likeness (QED) is 0.432. The van der Waals surface area contributed by atoms with Crippen molar-refractivity contribution in [1.29, 1.82) is 0 Å². The molecule has 0 saturated heterocycles. The van der Waals surface area contributed by atoms with Crippen LogP contribution in [0.4, 0.5) is 5.69 Å². The third kappa shape index (κ3) is 6.73. The molecule has 0 unspecified atom stereocenters. The molecule has 1 heterocycles. The summed E-state index contributed by atoms with van der Waals surface area (Å²) in [7, 11) is 9.53. The molecule has 2 rings (SSSR count). The molecule has 0 aliphatic rings. The predicted molar refractivity (Wildman–Crippen MR) is 106 cm³/mol. The average molecular weight is 437 g/mol. The van der Waals surface area contributed by atoms with Gasteiger partial charge in [0.15, 0.2) is 0 Å². The van der Waals surface area contributed by atoms with Crippen molar-refractivity contribution in [2.75, 3.05) is 0 Å². The van der Waals surface area contributed by atoms with Crippen molar-refractivity contribution in [3.8, 4) is 0 Å². The molecule has 4 nitrogen and oxygen atoms in total. The number of aryl methyl sites for hydroxylation is 3. The van der Waals surface area contributed by atoms with Crippen LogP contribution in [0.1, 0.15) is 49.0 Å². The maximum absolute atomic E-state index is 11.1. The number of amides is 1. The Balaban J connectivity index is 0.00000105. The van der Waals surface area contributed by atoms with Gasteiger partial charge in [-0.3, -0.25) is 4.79 Å². The summed E-state index contributed by atoms with van der Waals surface area (Å²) in [6.45, 7) is 11.3. The van der Waals surface area contributed by atoms with Gasteiger partial charge in [-0.05, 0) is 57.9 Å². The van der Waals surface area contributed by atoms with Gasteiger partial charge < -0.3 is 4.42 Å². The van der Waals surface area contributed by atoms with Gasteiger partial charge in [0.05, 0.1) is 17.1 Å². The van der Waals surface area contributed by atoms with E-state index in [1.165, 1.54) is 12.5 Å². The average Bonchev–Trinajstić information content (AvgIpc) is 3.01. The van der Waals surface area contributed by atoms with E-state index in [9.17, 15) is 4.79 Å². The van der Waals surface area contributed by atoms with Gasteiger partial charge in [-0.2, -0.15) is 0 Å². The van der Waals surface area contributed by atoms with E-state index >= 15 is 0 Å². The normalized spacial score (nSPS) is 12.0. The van der Waals surface area contributed by atoms with Gasteiger partial charge in [0.2, 0.25) is 5.91 Å². The Kier molecular flexibility index (Phi) is 9.31. The van der Waals surface area contributed by atoms with Crippen molar-refractivity contribution in [1.82, 2.24) is 0 Å². The van der Waals surface area contributed by atoms with Gasteiger partial charge in [-0.25, -0.2) is 9.98 Å². The van der Waals surface area contributed by atoms with Crippen molar-refractivity contribution in [3.05, 3.63) is 52.5 Å². The standard InChI is InChI=1S/C19H22N2O2.2ClH.Fe/c1-11-9-12(2)19(13(3)10-11)21-15(5)18-8-7-17(23-18)14(4)20-16(6)22;;;/h7-10H,1-6H3;2*1H;/q;;;+2/p-2. The van der Waals surface area contributed by atoms with Crippen molar-refractivity contribution < 1.29 is 22.3 Å². The van der Waals surface area contributed by atoms with Gasteiger partial charge >= 0.3 is 33.3 Å². The third-order valence-electron chi connectivity index (χ3n) is 3.56. The van der Waals surface area contributed by atoms with Gasteiger partial charge in [-0.15, -0.1) is 0 Å². The first-order chi connectivity index (χ1) is 12.2. The number of furan rings is 1. The number of aliphatic imine (C=N–C) groups is 2. The van der Waals surface area contributed by atoms with E-state index in [1.54, 1.807) is 6.92 Å². The van der Waals surface area contributed by atoms with E-state index in [-0.39, 0.29) is 19.0 Å². The summed E-state index contributed by atoms with van der Waals surface area (Å²) < 4.78 is 5.77. The number of carbonyl (C=O) groups is 1. The summed E-state index contributed by atoms with van der Waals surface area (Å²) in [4.78, 5) is 19.7. The third-order valence-corrected chi connectivity index (χ3v) is 3.56. The van der Waals surface area contributed by atoms with E-state index in [0.717, 1.165) is 22.5 Å². The van der Waals surface area contributed by atoms with E-state index in [2.05, 4.69) is 37.9 Å². The SMILES string of the molecule is CC(=O)N=C(C)c1ccc(C(C)=Nc2c(C)cc(C)cc2C)o1.[Cl][Fe][Cl]. The molecular weight excluding hydrogens is 415 g/mol. The summed E-state index contributed by atoms with van der Waals surface area (Å²) in [5, 5.41) is 0. The molecule has 0 radical (unpaired) electrons. The molecule has 0 aliphatic heterocycles. The van der Waals surface area contributed by atoms with Crippen molar-refractivity contribution in [2.24, 2.45) is 9.98 Å². The Morgan fingerprint density at radius 2 is 1.42 bits per heavy atom. The fourth-order valence-corrected chi connectivity index (χ4v) is 2.59. The van der Waals surface area contributed by atoms with E-state index in [0.29, 0.717) is 17.2 Å². The summed E-state index contributed by atoms with van der Waals surface area (Å²) in [5.41, 5.74) is 5.85. The molecule has 26 heavy (non-hydrogen) atoms. The Labute approximate surface area is 169 Å². The molecule has 1 amide bonds. The van der Waals surface area contributed by atoms with Crippen molar-refractivity contribution >= 4 is 43.2 Å². The minimum absolute atomic E-state index is 0.194. The van der Waals surface area contributed by atoms with Crippen LogP contribution < -0.4 is 0 Å². The molecular formula is C19H22Cl2FeN2O2. The number of hydrogen-bond donors (Lipinski definition) is 0. The first-order valence-electron chi connectivity index (χ1n) is 7.84. The zero-order valence-corrected chi connectivity index (χ0v) is 18.2. The Morgan fingerprint density at radius 3 is 1.88 bits per heavy atom. The Bertz CT molecular complexity index is 819. The molecule has 142 valence electrons. The molecule has 0 N–H and O–H groups in total. The van der Waals surface area contributed by atoms with Crippen LogP contribution in [0.15, 0.2) is 38.7 Å². The van der Waals surface area contributed by atoms with E-state index < -0.39 is 0 Å². The van der Waals surface area contributed by atoms with Gasteiger partial charge in [-0.1, -0.05) is 17.7 Å². The van der Waals surface area contributed by atoms with Crippen LogP contribution in [0.25, 0.3) is 0 Å². The molecule has 7 heteroatoms. The summed E-state index contributed by atoms with van der Waals surface area (Å²) in [6.07, 6.45) is 0. The maximum atomic E-state index is 11.1. The van der Waals surface area contributed by atoms with Crippen LogP contribution in [-0.2, 0) is 17.9 Å². The predicted octanol–water partition coefficient (Wildman–Crippen LogP) is 6.08. The molecule has 0 spiro atoms. The molecule has 0 bridgehead atoms. The number of nitrogens with zero attached hydrogens (tertiary/aromatic N) is 2. The van der Waals surface area contributed by atoms with Crippen LogP contribution >= 0.6 is 20.2 Å². The number of halogens is 2. The molecule has 2 aromatic rings. The number of benzene rings is 1. The number of hydrogen-bond acceptors (Lipinski definition) is 3. The summed E-state index contributed by atoms with van der Waals surface area (Å²) >= 11 is 0.194. The van der Waals surface area contributed by atoms with Crippen LogP contribution in [0, 0.1) is 20.8 Å². The van der Waals surface area contributed by atoms with Crippen molar-refractivity contribution in [2.45, 2.75) is 41.5 Å². The molecule has 0 saturated carbocycles. The molecule has 0 fully saturated rings. The van der Waals surface area contributed by atoms with Crippen LogP contribution in [0.5, 0.6) is 0 Å². The van der Waals surface area contributed by atoms with Gasteiger partial charge in [0, 0.05) is 6.92 Å². The molecule has 1 aromatic carbocycles. The number of carbonyl (C=O) groups excluding carboxylic acids is 1. The second-order valence-electron chi connectivity index (χ2n) is 5.88. The van der Waals surface area contributed by atoms with Crippen molar-refractivity contribution in [3.63, 3.8) is 0 Å². The van der Waals surface area contributed by atoms with Gasteiger partial charge in [0.1, 0.15) is 11.5 Å². The van der Waals surface area contributed by atoms with Crippen LogP contribution in [-0.4, -0.2) is 17.3 Å². The zero-order valence-electron chi connectivity index (χ0n) is 15.6. The molecule has 0 atom stereocenters. The molecule has 0 aliphatic carbocycles. The Hall–Kier alpha value is -1.39. The topological polar surface area (TPSA) is 54.9 Å². The first kappa shape index (κ1) is 22.7. The minimum atomic E-state index is -0.239. The van der Waals surface area contributed by atoms with Gasteiger partial charge in [0.25, 0.3) is 0 Å². The monoisotopic (exact) mass is 436 g/mol. The zero-order chi connectivity index (χ0) is 19.9. The van der Waals surface area contributed by atoms with Crippen LogP contribution in [0.3, 0.4) is 0 Å². The second kappa shape index (κ2) is 10.7. The van der Waals surface area contributed by atoms with E-state index in [4.69, 9.17) is 29.6 Å². The van der Waals surface area contributed by atoms with E-state index in [1.807, 2.05) is 19.1 Å². The second-order valence-corrected chi connectivity index (χ2v) is 7.70. The Morgan fingerprint density at radius 1 is 0.962 bits per heavy atom. The summed E-state index contributed by atoms with van der Waals surface area (Å²) in [6, 6.07) is 7.91.